The van der Waals surface area contributed by atoms with Crippen molar-refractivity contribution in [3.8, 4) is 0 Å². The van der Waals surface area contributed by atoms with E-state index in [-0.39, 0.29) is 17.2 Å². The normalized spacial score (nSPS) is 16.9. The van der Waals surface area contributed by atoms with Gasteiger partial charge in [-0.25, -0.2) is 0 Å². The smallest absolute Gasteiger partial charge is 0.339 e. The van der Waals surface area contributed by atoms with Gasteiger partial charge in [0.05, 0.1) is 11.3 Å². The van der Waals surface area contributed by atoms with Crippen molar-refractivity contribution in [2.45, 2.75) is 25.9 Å². The molecule has 0 spiro atoms. The molecule has 1 amide bonds. The zero-order valence-electron chi connectivity index (χ0n) is 11.7. The minimum Gasteiger partial charge on any atom is -0.339 e. The molecule has 0 atom stereocenters. The highest BCUT2D eigenvalue weighted by molar-refractivity contribution is 5.95. The van der Waals surface area contributed by atoms with Crippen molar-refractivity contribution in [1.29, 1.82) is 0 Å². The third-order valence-corrected chi connectivity index (χ3v) is 3.80. The number of rotatable bonds is 2. The van der Waals surface area contributed by atoms with Gasteiger partial charge in [-0.2, -0.15) is 13.2 Å². The maximum absolute atomic E-state index is 13.0. The Balaban J connectivity index is 2.26. The molecule has 0 radical (unpaired) electrons. The van der Waals surface area contributed by atoms with Crippen LogP contribution in [0.3, 0.4) is 0 Å². The van der Waals surface area contributed by atoms with Gasteiger partial charge in [0.2, 0.25) is 0 Å². The Bertz CT molecular complexity index is 523. The zero-order chi connectivity index (χ0) is 15.6. The summed E-state index contributed by atoms with van der Waals surface area (Å²) < 4.78 is 38.9. The number of alkyl halides is 3. The quantitative estimate of drug-likeness (QED) is 0.652. The van der Waals surface area contributed by atoms with Crippen LogP contribution in [0.5, 0.6) is 0 Å². The summed E-state index contributed by atoms with van der Waals surface area (Å²) in [6, 6.07) is 3.41. The number of hydrogen-bond donors (Lipinski definition) is 2. The highest BCUT2D eigenvalue weighted by Gasteiger charge is 2.34. The zero-order valence-corrected chi connectivity index (χ0v) is 11.7. The van der Waals surface area contributed by atoms with Gasteiger partial charge in [0.1, 0.15) is 0 Å². The number of nitrogens with one attached hydrogen (secondary N) is 1. The van der Waals surface area contributed by atoms with Crippen molar-refractivity contribution in [2.24, 2.45) is 11.8 Å². The Kier molecular flexibility index (Phi) is 4.41. The molecular weight excluding hydrogens is 283 g/mol. The number of likely N-dealkylation sites (tertiary alicyclic amines) is 1. The highest BCUT2D eigenvalue weighted by atomic mass is 19.4. The average molecular weight is 301 g/mol. The Labute approximate surface area is 121 Å². The SMILES string of the molecule is CC1CCN(C(=O)c2ccc(NN)c(C(F)(F)F)c2)CC1. The van der Waals surface area contributed by atoms with Gasteiger partial charge in [-0.3, -0.25) is 10.6 Å². The van der Waals surface area contributed by atoms with Crippen LogP contribution in [0, 0.1) is 5.92 Å². The van der Waals surface area contributed by atoms with Gasteiger partial charge in [-0.05, 0) is 37.0 Å². The lowest BCUT2D eigenvalue weighted by atomic mass is 9.98. The first-order chi connectivity index (χ1) is 9.82. The first-order valence-corrected chi connectivity index (χ1v) is 6.80. The van der Waals surface area contributed by atoms with Gasteiger partial charge in [0, 0.05) is 18.7 Å². The van der Waals surface area contributed by atoms with E-state index in [9.17, 15) is 18.0 Å². The maximum atomic E-state index is 13.0. The Morgan fingerprint density at radius 1 is 1.33 bits per heavy atom. The molecular formula is C14H18F3N3O. The Hall–Kier alpha value is -1.76. The summed E-state index contributed by atoms with van der Waals surface area (Å²) >= 11 is 0. The van der Waals surface area contributed by atoms with Gasteiger partial charge in [0.25, 0.3) is 5.91 Å². The molecule has 21 heavy (non-hydrogen) atoms. The van der Waals surface area contributed by atoms with E-state index in [2.05, 4.69) is 6.92 Å². The van der Waals surface area contributed by atoms with Gasteiger partial charge < -0.3 is 10.3 Å². The number of nitrogen functional groups attached to an aromatic ring is 1. The molecule has 1 aliphatic heterocycles. The summed E-state index contributed by atoms with van der Waals surface area (Å²) in [6.07, 6.45) is -2.81. The second kappa shape index (κ2) is 5.93. The van der Waals surface area contributed by atoms with Crippen LogP contribution < -0.4 is 11.3 Å². The summed E-state index contributed by atoms with van der Waals surface area (Å²) in [5.74, 6) is 5.27. The van der Waals surface area contributed by atoms with Gasteiger partial charge >= 0.3 is 6.18 Å². The third kappa shape index (κ3) is 3.47. The van der Waals surface area contributed by atoms with E-state index >= 15 is 0 Å². The third-order valence-electron chi connectivity index (χ3n) is 3.80. The van der Waals surface area contributed by atoms with Gasteiger partial charge in [0.15, 0.2) is 0 Å². The lowest BCUT2D eigenvalue weighted by Gasteiger charge is -2.30. The molecule has 3 N–H and O–H groups in total. The first-order valence-electron chi connectivity index (χ1n) is 6.80. The van der Waals surface area contributed by atoms with Crippen LogP contribution in [0.2, 0.25) is 0 Å². The molecule has 1 saturated heterocycles. The molecule has 1 aliphatic rings. The number of anilines is 1. The van der Waals surface area contributed by atoms with Crippen LogP contribution in [0.4, 0.5) is 18.9 Å². The van der Waals surface area contributed by atoms with E-state index in [0.717, 1.165) is 18.9 Å². The molecule has 1 fully saturated rings. The van der Waals surface area contributed by atoms with Crippen molar-refractivity contribution in [1.82, 2.24) is 4.90 Å². The monoisotopic (exact) mass is 301 g/mol. The van der Waals surface area contributed by atoms with Crippen LogP contribution in [-0.2, 0) is 6.18 Å². The number of carbonyl (C=O) groups excluding carboxylic acids is 1. The summed E-state index contributed by atoms with van der Waals surface area (Å²) in [7, 11) is 0. The van der Waals surface area contributed by atoms with E-state index in [1.807, 2.05) is 5.43 Å². The lowest BCUT2D eigenvalue weighted by molar-refractivity contribution is -0.137. The molecule has 0 saturated carbocycles. The standard InChI is InChI=1S/C14H18F3N3O/c1-9-4-6-20(7-5-9)13(21)10-2-3-12(19-18)11(8-10)14(15,16)17/h2-3,8-9,19H,4-7,18H2,1H3. The molecule has 0 bridgehead atoms. The van der Waals surface area contributed by atoms with E-state index in [4.69, 9.17) is 5.84 Å². The number of piperidine rings is 1. The molecule has 1 aromatic carbocycles. The molecule has 0 unspecified atom stereocenters. The van der Waals surface area contributed by atoms with Crippen LogP contribution >= 0.6 is 0 Å². The summed E-state index contributed by atoms with van der Waals surface area (Å²) in [5.41, 5.74) is 0.873. The number of benzene rings is 1. The van der Waals surface area contributed by atoms with E-state index in [1.54, 1.807) is 4.90 Å². The molecule has 4 nitrogen and oxygen atoms in total. The number of nitrogens with two attached hydrogens (primary N) is 1. The topological polar surface area (TPSA) is 58.4 Å². The lowest BCUT2D eigenvalue weighted by Crippen LogP contribution is -2.38. The molecule has 1 aromatic rings. The fourth-order valence-corrected chi connectivity index (χ4v) is 2.43. The summed E-state index contributed by atoms with van der Waals surface area (Å²) in [5, 5.41) is 0. The average Bonchev–Trinajstić information content (AvgIpc) is 2.45. The molecule has 116 valence electrons. The second-order valence-corrected chi connectivity index (χ2v) is 5.38. The number of halogens is 3. The number of nitrogens with zero attached hydrogens (tertiary/aromatic N) is 1. The summed E-state index contributed by atoms with van der Waals surface area (Å²) in [6.45, 7) is 3.27. The molecule has 0 aromatic heterocycles. The second-order valence-electron chi connectivity index (χ2n) is 5.38. The van der Waals surface area contributed by atoms with Crippen molar-refractivity contribution < 1.29 is 18.0 Å². The fraction of sp³-hybridized carbons (Fsp3) is 0.500. The maximum Gasteiger partial charge on any atom is 0.418 e. The van der Waals surface area contributed by atoms with Gasteiger partial charge in [-0.15, -0.1) is 0 Å². The minimum atomic E-state index is -4.56. The van der Waals surface area contributed by atoms with Crippen molar-refractivity contribution in [3.05, 3.63) is 29.3 Å². The van der Waals surface area contributed by atoms with Crippen molar-refractivity contribution >= 4 is 11.6 Å². The largest absolute Gasteiger partial charge is 0.418 e. The number of hydrogen-bond acceptors (Lipinski definition) is 3. The predicted octanol–water partition coefficient (Wildman–Crippen LogP) is 2.86. The molecule has 7 heteroatoms. The van der Waals surface area contributed by atoms with Gasteiger partial charge in [-0.1, -0.05) is 6.92 Å². The van der Waals surface area contributed by atoms with Crippen LogP contribution in [-0.4, -0.2) is 23.9 Å². The Morgan fingerprint density at radius 3 is 2.48 bits per heavy atom. The fourth-order valence-electron chi connectivity index (χ4n) is 2.43. The number of carbonyl (C=O) groups is 1. The number of hydrazine groups is 1. The Morgan fingerprint density at radius 2 is 1.95 bits per heavy atom. The van der Waals surface area contributed by atoms with Crippen LogP contribution in [0.25, 0.3) is 0 Å². The summed E-state index contributed by atoms with van der Waals surface area (Å²) in [4.78, 5) is 13.9. The van der Waals surface area contributed by atoms with E-state index in [1.165, 1.54) is 12.1 Å². The minimum absolute atomic E-state index is 0.0379. The van der Waals surface area contributed by atoms with Crippen molar-refractivity contribution in [2.75, 3.05) is 18.5 Å². The van der Waals surface area contributed by atoms with Crippen LogP contribution in [0.15, 0.2) is 18.2 Å². The molecule has 2 rings (SSSR count). The highest BCUT2D eigenvalue weighted by Crippen LogP contribution is 2.35. The van der Waals surface area contributed by atoms with E-state index < -0.39 is 11.7 Å². The molecule has 0 aliphatic carbocycles. The molecule has 1 heterocycles. The van der Waals surface area contributed by atoms with Crippen molar-refractivity contribution in [3.63, 3.8) is 0 Å². The van der Waals surface area contributed by atoms with Crippen LogP contribution in [0.1, 0.15) is 35.7 Å². The first kappa shape index (κ1) is 15.6. The van der Waals surface area contributed by atoms with E-state index in [0.29, 0.717) is 19.0 Å². The predicted molar refractivity (Wildman–Crippen MR) is 73.6 cm³/mol. The number of amides is 1.